The maximum absolute atomic E-state index is 11.9. The molecule has 120 valence electrons. The molecule has 1 aliphatic rings. The van der Waals surface area contributed by atoms with Gasteiger partial charge in [-0.2, -0.15) is 12.6 Å². The molecule has 0 saturated heterocycles. The molecule has 1 aliphatic carbocycles. The van der Waals surface area contributed by atoms with E-state index in [1.54, 1.807) is 0 Å². The third-order valence-electron chi connectivity index (χ3n) is 4.10. The van der Waals surface area contributed by atoms with Gasteiger partial charge in [-0.25, -0.2) is 0 Å². The van der Waals surface area contributed by atoms with Crippen LogP contribution >= 0.6 is 12.6 Å². The Balaban J connectivity index is 2.54. The molecule has 6 nitrogen and oxygen atoms in total. The predicted molar refractivity (Wildman–Crippen MR) is 86.6 cm³/mol. The Labute approximate surface area is 131 Å². The number of nitrogens with one attached hydrogen (secondary N) is 2. The van der Waals surface area contributed by atoms with Crippen molar-refractivity contribution in [3.05, 3.63) is 12.3 Å². The first-order valence-electron chi connectivity index (χ1n) is 7.28. The summed E-state index contributed by atoms with van der Waals surface area (Å²) >= 11 is 4.30. The molecular formula is C14H26N4O2S. The van der Waals surface area contributed by atoms with E-state index in [2.05, 4.69) is 23.3 Å². The van der Waals surface area contributed by atoms with Crippen LogP contribution in [0.25, 0.3) is 0 Å². The van der Waals surface area contributed by atoms with Crippen molar-refractivity contribution in [1.82, 2.24) is 10.6 Å². The van der Waals surface area contributed by atoms with E-state index in [9.17, 15) is 9.59 Å². The summed E-state index contributed by atoms with van der Waals surface area (Å²) in [6.45, 7) is 1.25. The Morgan fingerprint density at radius 1 is 1.43 bits per heavy atom. The van der Waals surface area contributed by atoms with Crippen LogP contribution < -0.4 is 22.1 Å². The topological polar surface area (TPSA) is 110 Å². The van der Waals surface area contributed by atoms with Gasteiger partial charge in [0.2, 0.25) is 12.3 Å². The second-order valence-electron chi connectivity index (χ2n) is 5.72. The van der Waals surface area contributed by atoms with Crippen LogP contribution in [0.2, 0.25) is 0 Å². The van der Waals surface area contributed by atoms with Gasteiger partial charge in [-0.15, -0.1) is 0 Å². The summed E-state index contributed by atoms with van der Waals surface area (Å²) in [6, 6.07) is 0. The zero-order valence-corrected chi connectivity index (χ0v) is 13.1. The van der Waals surface area contributed by atoms with Crippen LogP contribution in [-0.2, 0) is 9.59 Å². The lowest BCUT2D eigenvalue weighted by atomic mass is 9.65. The molecule has 1 saturated carbocycles. The molecule has 0 aromatic heterocycles. The molecule has 6 N–H and O–H groups in total. The second kappa shape index (κ2) is 9.07. The molecule has 21 heavy (non-hydrogen) atoms. The number of rotatable bonds is 10. The fourth-order valence-electron chi connectivity index (χ4n) is 2.81. The van der Waals surface area contributed by atoms with Gasteiger partial charge in [0.1, 0.15) is 0 Å². The van der Waals surface area contributed by atoms with Gasteiger partial charge >= 0.3 is 0 Å². The standard InChI is InChI=1S/C14H26N4O2S/c15-7-11(9-21)1-3-14(5-12(6-14)8-16)18-13(20)2-4-17-10-19/h2,4,10-12,21H,1,3,5-9,15-16H2,(H,17,19)(H,18,20)/b4-2-. The number of hydrogen-bond acceptors (Lipinski definition) is 5. The molecule has 0 heterocycles. The van der Waals surface area contributed by atoms with E-state index >= 15 is 0 Å². The molecule has 0 aliphatic heterocycles. The van der Waals surface area contributed by atoms with Gasteiger partial charge in [-0.3, -0.25) is 9.59 Å². The van der Waals surface area contributed by atoms with Crippen molar-refractivity contribution in [2.24, 2.45) is 23.3 Å². The van der Waals surface area contributed by atoms with Crippen molar-refractivity contribution < 1.29 is 9.59 Å². The van der Waals surface area contributed by atoms with E-state index in [4.69, 9.17) is 11.5 Å². The Morgan fingerprint density at radius 3 is 2.67 bits per heavy atom. The summed E-state index contributed by atoms with van der Waals surface area (Å²) in [5.74, 6) is 1.39. The lowest BCUT2D eigenvalue weighted by Gasteiger charge is -2.48. The van der Waals surface area contributed by atoms with Gasteiger partial charge in [0.25, 0.3) is 0 Å². The minimum Gasteiger partial charge on any atom is -0.347 e. The molecule has 1 atom stereocenters. The summed E-state index contributed by atoms with van der Waals surface area (Å²) in [6.07, 6.45) is 6.78. The van der Waals surface area contributed by atoms with Gasteiger partial charge in [-0.05, 0) is 56.4 Å². The van der Waals surface area contributed by atoms with Gasteiger partial charge in [-0.1, -0.05) is 0 Å². The van der Waals surface area contributed by atoms with Crippen LogP contribution in [0.15, 0.2) is 12.3 Å². The molecule has 1 unspecified atom stereocenters. The highest BCUT2D eigenvalue weighted by molar-refractivity contribution is 7.80. The van der Waals surface area contributed by atoms with Crippen LogP contribution in [0.5, 0.6) is 0 Å². The number of nitrogens with two attached hydrogens (primary N) is 2. The van der Waals surface area contributed by atoms with E-state index < -0.39 is 0 Å². The van der Waals surface area contributed by atoms with Gasteiger partial charge in [0.05, 0.1) is 0 Å². The molecule has 0 bridgehead atoms. The average molecular weight is 314 g/mol. The molecule has 0 spiro atoms. The number of carbonyl (C=O) groups excluding carboxylic acids is 2. The highest BCUT2D eigenvalue weighted by Gasteiger charge is 2.44. The highest BCUT2D eigenvalue weighted by Crippen LogP contribution is 2.41. The van der Waals surface area contributed by atoms with E-state index in [1.165, 1.54) is 12.3 Å². The normalized spacial score (nSPS) is 26.1. The van der Waals surface area contributed by atoms with Crippen LogP contribution in [0.3, 0.4) is 0 Å². The number of hydrogen-bond donors (Lipinski definition) is 5. The highest BCUT2D eigenvalue weighted by atomic mass is 32.1. The van der Waals surface area contributed by atoms with Gasteiger partial charge in [0.15, 0.2) is 0 Å². The maximum Gasteiger partial charge on any atom is 0.245 e. The fourth-order valence-corrected chi connectivity index (χ4v) is 3.14. The summed E-state index contributed by atoms with van der Waals surface area (Å²) in [5, 5.41) is 5.37. The van der Waals surface area contributed by atoms with Crippen molar-refractivity contribution >= 4 is 24.9 Å². The van der Waals surface area contributed by atoms with E-state index in [0.717, 1.165) is 31.4 Å². The second-order valence-corrected chi connectivity index (χ2v) is 6.09. The molecule has 0 aromatic rings. The van der Waals surface area contributed by atoms with Crippen LogP contribution in [-0.4, -0.2) is 36.7 Å². The quantitative estimate of drug-likeness (QED) is 0.218. The summed E-state index contributed by atoms with van der Waals surface area (Å²) in [7, 11) is 0. The molecule has 7 heteroatoms. The summed E-state index contributed by atoms with van der Waals surface area (Å²) in [4.78, 5) is 22.0. The molecule has 2 amide bonds. The fraction of sp³-hybridized carbons (Fsp3) is 0.714. The summed E-state index contributed by atoms with van der Waals surface area (Å²) in [5.41, 5.74) is 11.2. The minimum atomic E-state index is -0.199. The van der Waals surface area contributed by atoms with E-state index in [1.807, 2.05) is 0 Å². The van der Waals surface area contributed by atoms with Crippen LogP contribution in [0, 0.1) is 11.8 Å². The van der Waals surface area contributed by atoms with Crippen molar-refractivity contribution in [1.29, 1.82) is 0 Å². The number of thiol groups is 1. The lowest BCUT2D eigenvalue weighted by molar-refractivity contribution is -0.120. The lowest BCUT2D eigenvalue weighted by Crippen LogP contribution is -2.58. The maximum atomic E-state index is 11.9. The Morgan fingerprint density at radius 2 is 2.14 bits per heavy atom. The third-order valence-corrected chi connectivity index (χ3v) is 4.62. The molecule has 0 aromatic carbocycles. The molecular weight excluding hydrogens is 288 g/mol. The zero-order chi connectivity index (χ0) is 15.7. The largest absolute Gasteiger partial charge is 0.347 e. The van der Waals surface area contributed by atoms with Crippen molar-refractivity contribution in [3.8, 4) is 0 Å². The van der Waals surface area contributed by atoms with Crippen molar-refractivity contribution in [2.45, 2.75) is 31.2 Å². The SMILES string of the molecule is NCC(CS)CCC1(NC(=O)/C=C\NC=O)CC(CN)C1. The van der Waals surface area contributed by atoms with Crippen molar-refractivity contribution in [2.75, 3.05) is 18.8 Å². The third kappa shape index (κ3) is 5.68. The Bertz CT molecular complexity index is 366. The molecule has 0 radical (unpaired) electrons. The first kappa shape index (κ1) is 18.0. The smallest absolute Gasteiger partial charge is 0.245 e. The van der Waals surface area contributed by atoms with Crippen LogP contribution in [0.4, 0.5) is 0 Å². The van der Waals surface area contributed by atoms with Crippen LogP contribution in [0.1, 0.15) is 25.7 Å². The minimum absolute atomic E-state index is 0.191. The molecule has 1 rings (SSSR count). The van der Waals surface area contributed by atoms with Gasteiger partial charge in [0, 0.05) is 17.8 Å². The Kier molecular flexibility index (Phi) is 7.77. The number of amides is 2. The zero-order valence-electron chi connectivity index (χ0n) is 12.3. The number of carbonyl (C=O) groups is 2. The van der Waals surface area contributed by atoms with Gasteiger partial charge < -0.3 is 22.1 Å². The first-order valence-corrected chi connectivity index (χ1v) is 7.91. The monoisotopic (exact) mass is 314 g/mol. The average Bonchev–Trinajstić information content (AvgIpc) is 2.44. The van der Waals surface area contributed by atoms with E-state index in [0.29, 0.717) is 31.3 Å². The Hall–Kier alpha value is -1.05. The van der Waals surface area contributed by atoms with E-state index in [-0.39, 0.29) is 11.4 Å². The predicted octanol–water partition coefficient (Wildman–Crippen LogP) is -0.245. The summed E-state index contributed by atoms with van der Waals surface area (Å²) < 4.78 is 0. The first-order chi connectivity index (χ1) is 10.1. The molecule has 1 fully saturated rings. The van der Waals surface area contributed by atoms with Crippen molar-refractivity contribution in [3.63, 3.8) is 0 Å².